The zero-order valence-corrected chi connectivity index (χ0v) is 11.2. The van der Waals surface area contributed by atoms with Gasteiger partial charge in [-0.2, -0.15) is 0 Å². The first-order valence-corrected chi connectivity index (χ1v) is 6.05. The highest BCUT2D eigenvalue weighted by Gasteiger charge is 2.12. The second-order valence-corrected chi connectivity index (χ2v) is 4.78. The smallest absolute Gasteiger partial charge is 0.196 e. The third-order valence-electron chi connectivity index (χ3n) is 2.46. The molecule has 0 amide bonds. The summed E-state index contributed by atoms with van der Waals surface area (Å²) >= 11 is 12.4. The quantitative estimate of drug-likeness (QED) is 0.869. The van der Waals surface area contributed by atoms with Gasteiger partial charge < -0.3 is 15.5 Å². The topological polar surface area (TPSA) is 39.7 Å². The summed E-state index contributed by atoms with van der Waals surface area (Å²) in [6.45, 7) is 1.61. The maximum absolute atomic E-state index is 6.20. The minimum atomic E-state index is 0.581. The molecule has 0 saturated carbocycles. The minimum Gasteiger partial charge on any atom is -0.378 e. The summed E-state index contributed by atoms with van der Waals surface area (Å²) in [6, 6.07) is 3.73. The van der Waals surface area contributed by atoms with Gasteiger partial charge in [0.25, 0.3) is 0 Å². The third kappa shape index (κ3) is 2.76. The molecule has 0 radical (unpaired) electrons. The van der Waals surface area contributed by atoms with Crippen molar-refractivity contribution in [2.75, 3.05) is 37.4 Å². The molecule has 0 unspecified atom stereocenters. The first kappa shape index (κ1) is 12.3. The number of aliphatic imine (C=N–C) groups is 1. The van der Waals surface area contributed by atoms with E-state index in [0.29, 0.717) is 21.7 Å². The Balaban J connectivity index is 2.28. The van der Waals surface area contributed by atoms with E-state index in [1.807, 2.05) is 31.1 Å². The first-order valence-electron chi connectivity index (χ1n) is 5.29. The number of anilines is 2. The lowest BCUT2D eigenvalue weighted by molar-refractivity contribution is 0.959. The van der Waals surface area contributed by atoms with Crippen LogP contribution in [0.4, 0.5) is 11.4 Å². The van der Waals surface area contributed by atoms with Crippen molar-refractivity contribution in [3.63, 3.8) is 0 Å². The van der Waals surface area contributed by atoms with Gasteiger partial charge in [-0.05, 0) is 12.1 Å². The van der Waals surface area contributed by atoms with Crippen LogP contribution >= 0.6 is 23.2 Å². The van der Waals surface area contributed by atoms with Gasteiger partial charge in [0.1, 0.15) is 0 Å². The van der Waals surface area contributed by atoms with E-state index in [1.165, 1.54) is 0 Å². The van der Waals surface area contributed by atoms with Gasteiger partial charge in [0, 0.05) is 26.3 Å². The van der Waals surface area contributed by atoms with Gasteiger partial charge in [0.05, 0.1) is 22.3 Å². The molecule has 0 bridgehead atoms. The highest BCUT2D eigenvalue weighted by atomic mass is 35.5. The molecule has 1 aliphatic rings. The zero-order chi connectivity index (χ0) is 12.4. The van der Waals surface area contributed by atoms with Crippen LogP contribution in [0.3, 0.4) is 0 Å². The Kier molecular flexibility index (Phi) is 3.64. The van der Waals surface area contributed by atoms with E-state index in [4.69, 9.17) is 23.2 Å². The van der Waals surface area contributed by atoms with Crippen molar-refractivity contribution in [2.24, 2.45) is 4.99 Å². The molecule has 1 heterocycles. The van der Waals surface area contributed by atoms with Crippen molar-refractivity contribution in [3.8, 4) is 0 Å². The first-order chi connectivity index (χ1) is 8.08. The van der Waals surface area contributed by atoms with E-state index in [1.54, 1.807) is 0 Å². The fourth-order valence-electron chi connectivity index (χ4n) is 1.54. The highest BCUT2D eigenvalue weighted by Crippen LogP contribution is 2.34. The molecular formula is C11H14Cl2N4. The molecule has 2 N–H and O–H groups in total. The lowest BCUT2D eigenvalue weighted by Gasteiger charge is -2.16. The number of benzene rings is 1. The maximum atomic E-state index is 6.20. The second kappa shape index (κ2) is 5.02. The van der Waals surface area contributed by atoms with Crippen molar-refractivity contribution < 1.29 is 0 Å². The van der Waals surface area contributed by atoms with Gasteiger partial charge in [0.15, 0.2) is 5.96 Å². The Morgan fingerprint density at radius 1 is 1.29 bits per heavy atom. The average Bonchev–Trinajstić information content (AvgIpc) is 2.75. The predicted molar refractivity (Wildman–Crippen MR) is 74.7 cm³/mol. The molecule has 2 rings (SSSR count). The van der Waals surface area contributed by atoms with Crippen LogP contribution in [-0.2, 0) is 0 Å². The minimum absolute atomic E-state index is 0.581. The van der Waals surface area contributed by atoms with E-state index < -0.39 is 0 Å². The Morgan fingerprint density at radius 3 is 2.41 bits per heavy atom. The number of guanidine groups is 1. The summed E-state index contributed by atoms with van der Waals surface area (Å²) in [6.07, 6.45) is 0. The van der Waals surface area contributed by atoms with Crippen LogP contribution in [0.2, 0.25) is 10.0 Å². The molecule has 1 aliphatic heterocycles. The molecule has 0 fully saturated rings. The number of hydrogen-bond acceptors (Lipinski definition) is 4. The molecule has 0 aromatic heterocycles. The molecule has 0 saturated heterocycles. The SMILES string of the molecule is CN(C)c1cc(Cl)c(NC2=NCCN2)c(Cl)c1. The highest BCUT2D eigenvalue weighted by molar-refractivity contribution is 6.40. The molecular weight excluding hydrogens is 259 g/mol. The molecule has 1 aromatic rings. The van der Waals surface area contributed by atoms with E-state index in [-0.39, 0.29) is 0 Å². The van der Waals surface area contributed by atoms with E-state index in [0.717, 1.165) is 18.8 Å². The second-order valence-electron chi connectivity index (χ2n) is 3.96. The summed E-state index contributed by atoms with van der Waals surface area (Å²) in [7, 11) is 3.88. The van der Waals surface area contributed by atoms with Gasteiger partial charge in [-0.25, -0.2) is 0 Å². The number of nitrogens with one attached hydrogen (secondary N) is 2. The molecule has 0 atom stereocenters. The summed E-state index contributed by atoms with van der Waals surface area (Å²) in [4.78, 5) is 6.19. The Bertz CT molecular complexity index is 434. The van der Waals surface area contributed by atoms with Gasteiger partial charge in [0.2, 0.25) is 0 Å². The van der Waals surface area contributed by atoms with Crippen molar-refractivity contribution in [2.45, 2.75) is 0 Å². The normalized spacial score (nSPS) is 14.2. The van der Waals surface area contributed by atoms with Gasteiger partial charge in [-0.15, -0.1) is 0 Å². The van der Waals surface area contributed by atoms with Crippen LogP contribution < -0.4 is 15.5 Å². The van der Waals surface area contributed by atoms with Crippen LogP contribution in [0.1, 0.15) is 0 Å². The van der Waals surface area contributed by atoms with Gasteiger partial charge >= 0.3 is 0 Å². The summed E-state index contributed by atoms with van der Waals surface area (Å²) in [5, 5.41) is 7.37. The Labute approximate surface area is 111 Å². The fourth-order valence-corrected chi connectivity index (χ4v) is 2.11. The lowest BCUT2D eigenvalue weighted by Crippen LogP contribution is -2.26. The zero-order valence-electron chi connectivity index (χ0n) is 9.72. The monoisotopic (exact) mass is 272 g/mol. The molecule has 92 valence electrons. The summed E-state index contributed by atoms with van der Waals surface area (Å²) < 4.78 is 0. The number of rotatable bonds is 2. The molecule has 1 aromatic carbocycles. The van der Waals surface area contributed by atoms with E-state index in [2.05, 4.69) is 15.6 Å². The molecule has 0 aliphatic carbocycles. The van der Waals surface area contributed by atoms with Gasteiger partial charge in [-0.1, -0.05) is 23.2 Å². The maximum Gasteiger partial charge on any atom is 0.196 e. The average molecular weight is 273 g/mol. The van der Waals surface area contributed by atoms with Crippen LogP contribution in [0.5, 0.6) is 0 Å². The standard InChI is InChI=1S/C11H14Cl2N4/c1-17(2)7-5-8(12)10(9(13)6-7)16-11-14-3-4-15-11/h5-6H,3-4H2,1-2H3,(H2,14,15,16). The van der Waals surface area contributed by atoms with Crippen LogP contribution in [0.25, 0.3) is 0 Å². The lowest BCUT2D eigenvalue weighted by atomic mass is 10.2. The van der Waals surface area contributed by atoms with Crippen LogP contribution in [0, 0.1) is 0 Å². The molecule has 17 heavy (non-hydrogen) atoms. The molecule has 6 heteroatoms. The van der Waals surface area contributed by atoms with E-state index >= 15 is 0 Å². The number of hydrogen-bond donors (Lipinski definition) is 2. The molecule has 4 nitrogen and oxygen atoms in total. The predicted octanol–water partition coefficient (Wildman–Crippen LogP) is 2.43. The third-order valence-corrected chi connectivity index (χ3v) is 3.06. The fraction of sp³-hybridized carbons (Fsp3) is 0.364. The number of nitrogens with zero attached hydrogens (tertiary/aromatic N) is 2. The molecule has 0 spiro atoms. The largest absolute Gasteiger partial charge is 0.378 e. The van der Waals surface area contributed by atoms with Crippen molar-refractivity contribution >= 4 is 40.5 Å². The van der Waals surface area contributed by atoms with Crippen molar-refractivity contribution in [1.29, 1.82) is 0 Å². The number of halogens is 2. The van der Waals surface area contributed by atoms with E-state index in [9.17, 15) is 0 Å². The van der Waals surface area contributed by atoms with Crippen molar-refractivity contribution in [1.82, 2.24) is 5.32 Å². The summed E-state index contributed by atoms with van der Waals surface area (Å²) in [5.74, 6) is 0.714. The van der Waals surface area contributed by atoms with Crippen LogP contribution in [0.15, 0.2) is 17.1 Å². The van der Waals surface area contributed by atoms with Crippen molar-refractivity contribution in [3.05, 3.63) is 22.2 Å². The van der Waals surface area contributed by atoms with Crippen LogP contribution in [-0.4, -0.2) is 33.1 Å². The Hall–Kier alpha value is -1.13. The Morgan fingerprint density at radius 2 is 1.94 bits per heavy atom. The van der Waals surface area contributed by atoms with Gasteiger partial charge in [-0.3, -0.25) is 4.99 Å². The summed E-state index contributed by atoms with van der Waals surface area (Å²) in [5.41, 5.74) is 1.65.